The van der Waals surface area contributed by atoms with Crippen LogP contribution in [0.3, 0.4) is 0 Å². The first-order chi connectivity index (χ1) is 12.5. The maximum absolute atomic E-state index is 14.2. The number of carbonyl (C=O) groups is 1. The summed E-state index contributed by atoms with van der Waals surface area (Å²) in [5.74, 6) is -1.88. The Morgan fingerprint density at radius 1 is 1.22 bits per heavy atom. The molecule has 4 aliphatic rings. The normalized spacial score (nSPS) is 35.4. The third-order valence-corrected chi connectivity index (χ3v) is 7.39. The molecule has 9 heteroatoms. The zero-order chi connectivity index (χ0) is 20.0. The molecule has 2 unspecified atom stereocenters. The fraction of sp³-hybridized carbons (Fsp3) is 0.833. The SMILES string of the molecule is CC=CC(F)C(COC(=O)C12CC3CC(CC(C3)C1)C2)C(F)(F)S(=O)(=O)O. The minimum Gasteiger partial charge on any atom is -0.465 e. The van der Waals surface area contributed by atoms with Crippen LogP contribution in [-0.4, -0.2) is 37.0 Å². The van der Waals surface area contributed by atoms with Gasteiger partial charge in [-0.1, -0.05) is 12.2 Å². The maximum Gasteiger partial charge on any atom is 0.379 e. The van der Waals surface area contributed by atoms with Crippen molar-refractivity contribution >= 4 is 16.1 Å². The first-order valence-corrected chi connectivity index (χ1v) is 10.7. The molecule has 27 heavy (non-hydrogen) atoms. The monoisotopic (exact) mass is 410 g/mol. The van der Waals surface area contributed by atoms with Crippen LogP contribution in [-0.2, 0) is 19.6 Å². The van der Waals surface area contributed by atoms with E-state index in [9.17, 15) is 26.4 Å². The molecule has 0 aromatic rings. The summed E-state index contributed by atoms with van der Waals surface area (Å²) in [7, 11) is -5.86. The van der Waals surface area contributed by atoms with Crippen molar-refractivity contribution < 1.29 is 35.7 Å². The Hall–Kier alpha value is -1.09. The lowest BCUT2D eigenvalue weighted by atomic mass is 9.49. The molecule has 2 atom stereocenters. The number of hydrogen-bond acceptors (Lipinski definition) is 4. The predicted octanol–water partition coefficient (Wildman–Crippen LogP) is 3.76. The van der Waals surface area contributed by atoms with Crippen LogP contribution in [0.4, 0.5) is 13.2 Å². The molecule has 4 bridgehead atoms. The molecule has 0 aromatic heterocycles. The van der Waals surface area contributed by atoms with Crippen molar-refractivity contribution in [2.75, 3.05) is 6.61 Å². The zero-order valence-electron chi connectivity index (χ0n) is 15.1. The van der Waals surface area contributed by atoms with Crippen molar-refractivity contribution in [3.8, 4) is 0 Å². The highest BCUT2D eigenvalue weighted by molar-refractivity contribution is 7.86. The second-order valence-electron chi connectivity index (χ2n) is 8.41. The van der Waals surface area contributed by atoms with Gasteiger partial charge in [0.15, 0.2) is 0 Å². The van der Waals surface area contributed by atoms with Gasteiger partial charge in [0.25, 0.3) is 0 Å². The first-order valence-electron chi connectivity index (χ1n) is 9.27. The molecule has 0 saturated heterocycles. The van der Waals surface area contributed by atoms with E-state index in [2.05, 4.69) is 0 Å². The summed E-state index contributed by atoms with van der Waals surface area (Å²) in [6.45, 7) is 0.273. The topological polar surface area (TPSA) is 80.7 Å². The van der Waals surface area contributed by atoms with Gasteiger partial charge >= 0.3 is 21.3 Å². The van der Waals surface area contributed by atoms with Crippen molar-refractivity contribution in [1.29, 1.82) is 0 Å². The highest BCUT2D eigenvalue weighted by Gasteiger charge is 2.58. The second-order valence-corrected chi connectivity index (χ2v) is 9.90. The van der Waals surface area contributed by atoms with Crippen LogP contribution in [0, 0.1) is 29.1 Å². The molecule has 0 radical (unpaired) electrons. The molecule has 4 rings (SSSR count). The van der Waals surface area contributed by atoms with Gasteiger partial charge in [-0.25, -0.2) is 4.39 Å². The number of carbonyl (C=O) groups excluding carboxylic acids is 1. The van der Waals surface area contributed by atoms with Crippen LogP contribution < -0.4 is 0 Å². The number of halogens is 3. The summed E-state index contributed by atoms with van der Waals surface area (Å²) in [4.78, 5) is 12.7. The predicted molar refractivity (Wildman–Crippen MR) is 91.3 cm³/mol. The third kappa shape index (κ3) is 3.77. The molecule has 0 heterocycles. The average Bonchev–Trinajstić information content (AvgIpc) is 2.52. The molecule has 0 aromatic carbocycles. The highest BCUT2D eigenvalue weighted by Crippen LogP contribution is 2.60. The summed E-state index contributed by atoms with van der Waals surface area (Å²) < 4.78 is 78.3. The largest absolute Gasteiger partial charge is 0.465 e. The Kier molecular flexibility index (Phi) is 5.40. The van der Waals surface area contributed by atoms with Crippen molar-refractivity contribution in [3.05, 3.63) is 12.2 Å². The molecular weight excluding hydrogens is 385 g/mol. The summed E-state index contributed by atoms with van der Waals surface area (Å²) in [6.07, 6.45) is 4.66. The number of alkyl halides is 3. The van der Waals surface area contributed by atoms with E-state index in [-0.39, 0.29) is 0 Å². The Balaban J connectivity index is 1.74. The smallest absolute Gasteiger partial charge is 0.379 e. The van der Waals surface area contributed by atoms with Gasteiger partial charge in [-0.2, -0.15) is 17.2 Å². The summed E-state index contributed by atoms with van der Waals surface area (Å²) in [6, 6.07) is 0. The lowest BCUT2D eigenvalue weighted by Crippen LogP contribution is -2.51. The zero-order valence-corrected chi connectivity index (χ0v) is 15.9. The van der Waals surface area contributed by atoms with Gasteiger partial charge in [0, 0.05) is 0 Å². The van der Waals surface area contributed by atoms with Gasteiger partial charge < -0.3 is 4.74 Å². The second kappa shape index (κ2) is 7.06. The van der Waals surface area contributed by atoms with E-state index in [0.717, 1.165) is 31.4 Å². The van der Waals surface area contributed by atoms with E-state index >= 15 is 0 Å². The molecule has 0 spiro atoms. The number of hydrogen-bond donors (Lipinski definition) is 1. The number of esters is 1. The van der Waals surface area contributed by atoms with Crippen LogP contribution in [0.15, 0.2) is 12.2 Å². The molecule has 5 nitrogen and oxygen atoms in total. The Morgan fingerprint density at radius 2 is 1.70 bits per heavy atom. The summed E-state index contributed by atoms with van der Waals surface area (Å²) in [5.41, 5.74) is -0.723. The molecule has 0 amide bonds. The Bertz CT molecular complexity index is 683. The highest BCUT2D eigenvalue weighted by atomic mass is 32.2. The van der Waals surface area contributed by atoms with E-state index in [1.54, 1.807) is 0 Å². The lowest BCUT2D eigenvalue weighted by Gasteiger charge is -2.55. The molecule has 1 N–H and O–H groups in total. The van der Waals surface area contributed by atoms with E-state index < -0.39 is 45.5 Å². The van der Waals surface area contributed by atoms with E-state index in [1.807, 2.05) is 0 Å². The third-order valence-electron chi connectivity index (χ3n) is 6.40. The fourth-order valence-electron chi connectivity index (χ4n) is 5.56. The van der Waals surface area contributed by atoms with Gasteiger partial charge in [0.05, 0.1) is 5.41 Å². The van der Waals surface area contributed by atoms with E-state index in [4.69, 9.17) is 9.29 Å². The summed E-state index contributed by atoms with van der Waals surface area (Å²) >= 11 is 0. The molecule has 0 aliphatic heterocycles. The van der Waals surface area contributed by atoms with Gasteiger partial charge in [0.1, 0.15) is 18.7 Å². The van der Waals surface area contributed by atoms with Crippen molar-refractivity contribution in [2.45, 2.75) is 56.9 Å². The number of rotatable bonds is 7. The van der Waals surface area contributed by atoms with Gasteiger partial charge in [-0.15, -0.1) is 0 Å². The van der Waals surface area contributed by atoms with Crippen molar-refractivity contribution in [2.24, 2.45) is 29.1 Å². The van der Waals surface area contributed by atoms with Crippen LogP contribution in [0.5, 0.6) is 0 Å². The molecular formula is C18H25F3O5S. The van der Waals surface area contributed by atoms with Gasteiger partial charge in [0.2, 0.25) is 0 Å². The molecule has 4 aliphatic carbocycles. The minimum atomic E-state index is -5.86. The molecule has 4 fully saturated rings. The van der Waals surface area contributed by atoms with E-state index in [1.165, 1.54) is 6.92 Å². The van der Waals surface area contributed by atoms with Crippen LogP contribution in [0.1, 0.15) is 45.4 Å². The molecule has 154 valence electrons. The van der Waals surface area contributed by atoms with Gasteiger partial charge in [-0.3, -0.25) is 9.35 Å². The number of ether oxygens (including phenoxy) is 1. The average molecular weight is 410 g/mol. The quantitative estimate of drug-likeness (QED) is 0.393. The standard InChI is InChI=1S/C18H25F3O5S/c1-2-3-15(19)14(18(20,21)27(23,24)25)10-26-16(22)17-7-11-4-12(8-17)6-13(5-11)9-17/h2-3,11-15H,4-10H2,1H3,(H,23,24,25). The Morgan fingerprint density at radius 3 is 2.11 bits per heavy atom. The fourth-order valence-corrected chi connectivity index (χ4v) is 6.14. The Labute approximate surface area is 157 Å². The van der Waals surface area contributed by atoms with Crippen LogP contribution in [0.25, 0.3) is 0 Å². The molecule has 4 saturated carbocycles. The van der Waals surface area contributed by atoms with Crippen molar-refractivity contribution in [3.63, 3.8) is 0 Å². The summed E-state index contributed by atoms with van der Waals surface area (Å²) in [5, 5.41) is -4.77. The van der Waals surface area contributed by atoms with Gasteiger partial charge in [-0.05, 0) is 63.2 Å². The van der Waals surface area contributed by atoms with Crippen LogP contribution >= 0.6 is 0 Å². The maximum atomic E-state index is 14.2. The number of allylic oxidation sites excluding steroid dienone is 2. The van der Waals surface area contributed by atoms with E-state index in [0.29, 0.717) is 37.0 Å². The van der Waals surface area contributed by atoms with Crippen LogP contribution in [0.2, 0.25) is 0 Å². The first kappa shape index (κ1) is 20.6. The van der Waals surface area contributed by atoms with Crippen molar-refractivity contribution in [1.82, 2.24) is 0 Å². The minimum absolute atomic E-state index is 0.427. The lowest BCUT2D eigenvalue weighted by molar-refractivity contribution is -0.176.